The van der Waals surface area contributed by atoms with Crippen molar-refractivity contribution in [2.75, 3.05) is 25.0 Å². The third-order valence-corrected chi connectivity index (χ3v) is 7.05. The fourth-order valence-electron chi connectivity index (χ4n) is 4.97. The van der Waals surface area contributed by atoms with Gasteiger partial charge in [0.15, 0.2) is 0 Å². The van der Waals surface area contributed by atoms with Crippen LogP contribution in [-0.2, 0) is 5.41 Å². The molecule has 0 atom stereocenters. The number of hydrogen-bond donors (Lipinski definition) is 1. The standard InChI is InChI=1S/C28H30N2O2/c1-20(2)30-16-14-28(15-17-30)19-32-26-13-12-24(18-25(26)28)29-27(31)23-10-8-22(9-11-23)21-6-4-3-5-7-21/h3-13,18,20H,14-17,19H2,1-2H3,(H,29,31). The lowest BCUT2D eigenvalue weighted by atomic mass is 9.74. The molecule has 0 bridgehead atoms. The molecular weight excluding hydrogens is 396 g/mol. The van der Waals surface area contributed by atoms with Gasteiger partial charge in [0, 0.05) is 28.3 Å². The number of fused-ring (bicyclic) bond motifs is 2. The molecule has 2 aliphatic heterocycles. The van der Waals surface area contributed by atoms with Crippen LogP contribution in [0.4, 0.5) is 5.69 Å². The van der Waals surface area contributed by atoms with Crippen molar-refractivity contribution in [3.8, 4) is 16.9 Å². The lowest BCUT2D eigenvalue weighted by molar-refractivity contribution is 0.102. The van der Waals surface area contributed by atoms with Gasteiger partial charge in [-0.25, -0.2) is 0 Å². The first-order valence-electron chi connectivity index (χ1n) is 11.5. The fourth-order valence-corrected chi connectivity index (χ4v) is 4.97. The Morgan fingerprint density at radius 2 is 1.62 bits per heavy atom. The molecule has 0 aromatic heterocycles. The molecule has 2 aliphatic rings. The van der Waals surface area contributed by atoms with Gasteiger partial charge in [0.1, 0.15) is 5.75 Å². The number of rotatable bonds is 4. The number of likely N-dealkylation sites (tertiary alicyclic amines) is 1. The molecule has 4 nitrogen and oxygen atoms in total. The Hall–Kier alpha value is -3.11. The highest BCUT2D eigenvalue weighted by molar-refractivity contribution is 6.04. The molecule has 1 spiro atoms. The van der Waals surface area contributed by atoms with Crippen LogP contribution in [0.2, 0.25) is 0 Å². The highest BCUT2D eigenvalue weighted by atomic mass is 16.5. The Labute approximate surface area is 190 Å². The average molecular weight is 427 g/mol. The molecule has 0 unspecified atom stereocenters. The van der Waals surface area contributed by atoms with Crippen molar-refractivity contribution >= 4 is 11.6 Å². The molecule has 5 rings (SSSR count). The van der Waals surface area contributed by atoms with Crippen molar-refractivity contribution in [2.24, 2.45) is 0 Å². The summed E-state index contributed by atoms with van der Waals surface area (Å²) in [5, 5.41) is 3.09. The molecule has 1 saturated heterocycles. The zero-order chi connectivity index (χ0) is 22.1. The van der Waals surface area contributed by atoms with Crippen LogP contribution in [0, 0.1) is 0 Å². The van der Waals surface area contributed by atoms with E-state index in [-0.39, 0.29) is 11.3 Å². The summed E-state index contributed by atoms with van der Waals surface area (Å²) in [7, 11) is 0. The minimum atomic E-state index is -0.0906. The van der Waals surface area contributed by atoms with E-state index in [0.29, 0.717) is 11.6 Å². The van der Waals surface area contributed by atoms with Crippen molar-refractivity contribution in [2.45, 2.75) is 38.1 Å². The molecule has 2 heterocycles. The number of nitrogens with one attached hydrogen (secondary N) is 1. The molecule has 0 radical (unpaired) electrons. The first-order valence-corrected chi connectivity index (χ1v) is 11.5. The smallest absolute Gasteiger partial charge is 0.255 e. The highest BCUT2D eigenvalue weighted by Gasteiger charge is 2.43. The van der Waals surface area contributed by atoms with Crippen molar-refractivity contribution in [1.82, 2.24) is 4.90 Å². The summed E-state index contributed by atoms with van der Waals surface area (Å²) >= 11 is 0. The van der Waals surface area contributed by atoms with Gasteiger partial charge in [0.05, 0.1) is 6.61 Å². The first-order chi connectivity index (χ1) is 15.5. The van der Waals surface area contributed by atoms with Gasteiger partial charge in [-0.3, -0.25) is 4.79 Å². The second-order valence-electron chi connectivity index (χ2n) is 9.31. The molecule has 0 aliphatic carbocycles. The zero-order valence-corrected chi connectivity index (χ0v) is 18.8. The van der Waals surface area contributed by atoms with Crippen LogP contribution in [0.3, 0.4) is 0 Å². The van der Waals surface area contributed by atoms with Gasteiger partial charge in [0.2, 0.25) is 0 Å². The topological polar surface area (TPSA) is 41.6 Å². The van der Waals surface area contributed by atoms with Gasteiger partial charge in [-0.1, -0.05) is 42.5 Å². The van der Waals surface area contributed by atoms with Crippen molar-refractivity contribution < 1.29 is 9.53 Å². The van der Waals surface area contributed by atoms with E-state index in [9.17, 15) is 4.79 Å². The number of amides is 1. The maximum absolute atomic E-state index is 12.9. The quantitative estimate of drug-likeness (QED) is 0.578. The third kappa shape index (κ3) is 3.91. The lowest BCUT2D eigenvalue weighted by Gasteiger charge is -2.40. The molecule has 32 heavy (non-hydrogen) atoms. The molecule has 4 heteroatoms. The van der Waals surface area contributed by atoms with E-state index in [1.165, 1.54) is 5.56 Å². The highest BCUT2D eigenvalue weighted by Crippen LogP contribution is 2.46. The molecule has 0 saturated carbocycles. The number of carbonyl (C=O) groups is 1. The Balaban J connectivity index is 1.31. The van der Waals surface area contributed by atoms with Crippen LogP contribution in [0.15, 0.2) is 72.8 Å². The number of nitrogens with zero attached hydrogens (tertiary/aromatic N) is 1. The Bertz CT molecular complexity index is 1100. The summed E-state index contributed by atoms with van der Waals surface area (Å²) in [6, 6.07) is 24.6. The number of ether oxygens (including phenoxy) is 1. The van der Waals surface area contributed by atoms with E-state index in [1.54, 1.807) is 0 Å². The van der Waals surface area contributed by atoms with Crippen LogP contribution in [0.25, 0.3) is 11.1 Å². The SMILES string of the molecule is CC(C)N1CCC2(CC1)COc1ccc(NC(=O)c3ccc(-c4ccccc4)cc3)cc12. The molecule has 1 N–H and O–H groups in total. The van der Waals surface area contributed by atoms with Crippen LogP contribution in [0.5, 0.6) is 5.75 Å². The summed E-state index contributed by atoms with van der Waals surface area (Å²) in [5.41, 5.74) is 5.05. The van der Waals surface area contributed by atoms with E-state index in [1.807, 2.05) is 54.6 Å². The number of hydrogen-bond acceptors (Lipinski definition) is 3. The number of piperidine rings is 1. The van der Waals surface area contributed by atoms with E-state index in [0.717, 1.165) is 55.1 Å². The van der Waals surface area contributed by atoms with Gasteiger partial charge in [0.25, 0.3) is 5.91 Å². The Morgan fingerprint density at radius 1 is 0.938 bits per heavy atom. The summed E-state index contributed by atoms with van der Waals surface area (Å²) < 4.78 is 6.06. The van der Waals surface area contributed by atoms with Crippen molar-refractivity contribution in [1.29, 1.82) is 0 Å². The summed E-state index contributed by atoms with van der Waals surface area (Å²) in [6.07, 6.45) is 2.19. The van der Waals surface area contributed by atoms with Gasteiger partial charge in [-0.15, -0.1) is 0 Å². The van der Waals surface area contributed by atoms with Gasteiger partial charge >= 0.3 is 0 Å². The second-order valence-corrected chi connectivity index (χ2v) is 9.31. The van der Waals surface area contributed by atoms with Gasteiger partial charge < -0.3 is 15.0 Å². The molecule has 164 valence electrons. The largest absolute Gasteiger partial charge is 0.492 e. The first kappa shape index (κ1) is 20.8. The van der Waals surface area contributed by atoms with E-state index < -0.39 is 0 Å². The molecular formula is C28H30N2O2. The number of benzene rings is 3. The summed E-state index contributed by atoms with van der Waals surface area (Å²) in [4.78, 5) is 15.4. The molecule has 3 aromatic carbocycles. The Kier molecular flexibility index (Phi) is 5.48. The van der Waals surface area contributed by atoms with Crippen LogP contribution < -0.4 is 10.1 Å². The second kappa shape index (κ2) is 8.44. The van der Waals surface area contributed by atoms with Crippen molar-refractivity contribution in [3.63, 3.8) is 0 Å². The van der Waals surface area contributed by atoms with Gasteiger partial charge in [-0.2, -0.15) is 0 Å². The normalized spacial score (nSPS) is 17.2. The lowest BCUT2D eigenvalue weighted by Crippen LogP contribution is -2.46. The molecule has 1 fully saturated rings. The van der Waals surface area contributed by atoms with E-state index in [4.69, 9.17) is 4.74 Å². The maximum atomic E-state index is 12.9. The van der Waals surface area contributed by atoms with Crippen LogP contribution in [0.1, 0.15) is 42.6 Å². The maximum Gasteiger partial charge on any atom is 0.255 e. The number of anilines is 1. The summed E-state index contributed by atoms with van der Waals surface area (Å²) in [5.74, 6) is 0.875. The third-order valence-electron chi connectivity index (χ3n) is 7.05. The van der Waals surface area contributed by atoms with Crippen LogP contribution >= 0.6 is 0 Å². The zero-order valence-electron chi connectivity index (χ0n) is 18.8. The molecule has 3 aromatic rings. The predicted molar refractivity (Wildman–Crippen MR) is 129 cm³/mol. The minimum Gasteiger partial charge on any atom is -0.492 e. The van der Waals surface area contributed by atoms with Gasteiger partial charge in [-0.05, 0) is 81.2 Å². The predicted octanol–water partition coefficient (Wildman–Crippen LogP) is 5.74. The van der Waals surface area contributed by atoms with E-state index in [2.05, 4.69) is 42.3 Å². The average Bonchev–Trinajstić information content (AvgIpc) is 3.17. The monoisotopic (exact) mass is 426 g/mol. The summed E-state index contributed by atoms with van der Waals surface area (Å²) in [6.45, 7) is 7.44. The fraction of sp³-hybridized carbons (Fsp3) is 0.321. The number of carbonyl (C=O) groups excluding carboxylic acids is 1. The van der Waals surface area contributed by atoms with Crippen LogP contribution in [-0.4, -0.2) is 36.5 Å². The van der Waals surface area contributed by atoms with E-state index >= 15 is 0 Å². The van der Waals surface area contributed by atoms with Crippen molar-refractivity contribution in [3.05, 3.63) is 83.9 Å². The molecule has 1 amide bonds. The Morgan fingerprint density at radius 3 is 2.31 bits per heavy atom. The minimum absolute atomic E-state index is 0.0682.